The van der Waals surface area contributed by atoms with Crippen molar-refractivity contribution in [1.82, 2.24) is 5.43 Å². The lowest BCUT2D eigenvalue weighted by molar-refractivity contribution is 0.354. The van der Waals surface area contributed by atoms with E-state index < -0.39 is 0 Å². The molecule has 0 fully saturated rings. The summed E-state index contributed by atoms with van der Waals surface area (Å²) in [5, 5.41) is 4.22. The SMILES string of the molecule is C#CCOc1ccccc1/C=N\NCc1ccc(OC)c(OC)c1. The summed E-state index contributed by atoms with van der Waals surface area (Å²) in [6.07, 6.45) is 6.92. The number of nitrogens with one attached hydrogen (secondary N) is 1. The van der Waals surface area contributed by atoms with Gasteiger partial charge < -0.3 is 19.6 Å². The molecule has 0 saturated heterocycles. The molecule has 0 aliphatic rings. The van der Waals surface area contributed by atoms with Gasteiger partial charge in [0.1, 0.15) is 12.4 Å². The average Bonchev–Trinajstić information content (AvgIpc) is 2.64. The zero-order valence-corrected chi connectivity index (χ0v) is 13.8. The standard InChI is InChI=1S/C19H20N2O3/c1-4-11-24-17-8-6-5-7-16(17)14-21-20-13-15-9-10-18(22-2)19(12-15)23-3/h1,5-10,12,14,20H,11,13H2,2-3H3/b21-14-. The minimum absolute atomic E-state index is 0.226. The fourth-order valence-electron chi connectivity index (χ4n) is 2.08. The highest BCUT2D eigenvalue weighted by atomic mass is 16.5. The van der Waals surface area contributed by atoms with Gasteiger partial charge >= 0.3 is 0 Å². The molecular formula is C19H20N2O3. The average molecular weight is 324 g/mol. The maximum atomic E-state index is 5.47. The molecule has 5 nitrogen and oxygen atoms in total. The highest BCUT2D eigenvalue weighted by molar-refractivity contribution is 5.83. The summed E-state index contributed by atoms with van der Waals surface area (Å²) in [4.78, 5) is 0. The van der Waals surface area contributed by atoms with Crippen LogP contribution in [0.5, 0.6) is 17.2 Å². The maximum absolute atomic E-state index is 5.47. The summed E-state index contributed by atoms with van der Waals surface area (Å²) >= 11 is 0. The number of nitrogens with zero attached hydrogens (tertiary/aromatic N) is 1. The first-order valence-electron chi connectivity index (χ1n) is 7.40. The van der Waals surface area contributed by atoms with Gasteiger partial charge in [0, 0.05) is 5.56 Å². The first kappa shape index (κ1) is 17.2. The minimum atomic E-state index is 0.226. The van der Waals surface area contributed by atoms with Gasteiger partial charge in [-0.05, 0) is 29.8 Å². The Kier molecular flexibility index (Phi) is 6.54. The van der Waals surface area contributed by atoms with Gasteiger partial charge in [0.15, 0.2) is 11.5 Å². The van der Waals surface area contributed by atoms with Crippen LogP contribution in [0.3, 0.4) is 0 Å². The van der Waals surface area contributed by atoms with E-state index in [9.17, 15) is 0 Å². The first-order chi connectivity index (χ1) is 11.8. The van der Waals surface area contributed by atoms with Crippen LogP contribution in [0.1, 0.15) is 11.1 Å². The number of benzene rings is 2. The van der Waals surface area contributed by atoms with Crippen molar-refractivity contribution in [2.24, 2.45) is 5.10 Å². The fraction of sp³-hybridized carbons (Fsp3) is 0.211. The Morgan fingerprint density at radius 1 is 1.08 bits per heavy atom. The predicted molar refractivity (Wildman–Crippen MR) is 94.7 cm³/mol. The molecule has 124 valence electrons. The van der Waals surface area contributed by atoms with Gasteiger partial charge in [-0.1, -0.05) is 24.1 Å². The molecule has 1 N–H and O–H groups in total. The van der Waals surface area contributed by atoms with Crippen LogP contribution in [0.15, 0.2) is 47.6 Å². The van der Waals surface area contributed by atoms with Gasteiger partial charge in [-0.15, -0.1) is 6.42 Å². The molecule has 0 atom stereocenters. The Morgan fingerprint density at radius 3 is 2.62 bits per heavy atom. The lowest BCUT2D eigenvalue weighted by Gasteiger charge is -2.09. The lowest BCUT2D eigenvalue weighted by atomic mass is 10.2. The molecule has 0 heterocycles. The summed E-state index contributed by atoms with van der Waals surface area (Å²) in [6.45, 7) is 0.786. The summed E-state index contributed by atoms with van der Waals surface area (Å²) < 4.78 is 16.0. The van der Waals surface area contributed by atoms with Crippen LogP contribution in [0.2, 0.25) is 0 Å². The number of terminal acetylenes is 1. The Bertz CT molecular complexity index is 736. The number of methoxy groups -OCH3 is 2. The van der Waals surface area contributed by atoms with E-state index in [2.05, 4.69) is 16.4 Å². The zero-order chi connectivity index (χ0) is 17.2. The smallest absolute Gasteiger partial charge is 0.161 e. The number of hydrogen-bond acceptors (Lipinski definition) is 5. The van der Waals surface area contributed by atoms with Crippen molar-refractivity contribution >= 4 is 6.21 Å². The topological polar surface area (TPSA) is 52.1 Å². The highest BCUT2D eigenvalue weighted by Crippen LogP contribution is 2.27. The van der Waals surface area contributed by atoms with Crippen LogP contribution in [-0.4, -0.2) is 27.0 Å². The Morgan fingerprint density at radius 2 is 1.88 bits per heavy atom. The van der Waals surface area contributed by atoms with Crippen LogP contribution < -0.4 is 19.6 Å². The highest BCUT2D eigenvalue weighted by Gasteiger charge is 2.04. The summed E-state index contributed by atoms with van der Waals surface area (Å²) in [7, 11) is 3.22. The quantitative estimate of drug-likeness (QED) is 0.461. The molecule has 0 aromatic heterocycles. The van der Waals surface area contributed by atoms with Crippen molar-refractivity contribution in [3.05, 3.63) is 53.6 Å². The van der Waals surface area contributed by atoms with Crippen LogP contribution >= 0.6 is 0 Å². The Labute approximate surface area is 142 Å². The molecular weight excluding hydrogens is 304 g/mol. The molecule has 2 aromatic carbocycles. The van der Waals surface area contributed by atoms with Crippen molar-refractivity contribution in [2.45, 2.75) is 6.54 Å². The van der Waals surface area contributed by atoms with E-state index in [1.165, 1.54) is 0 Å². The molecule has 2 rings (SSSR count). The van der Waals surface area contributed by atoms with Crippen molar-refractivity contribution in [2.75, 3.05) is 20.8 Å². The van der Waals surface area contributed by atoms with Crippen LogP contribution in [0, 0.1) is 12.3 Å². The van der Waals surface area contributed by atoms with E-state index in [0.29, 0.717) is 23.8 Å². The van der Waals surface area contributed by atoms with Crippen molar-refractivity contribution in [3.8, 4) is 29.6 Å². The normalized spacial score (nSPS) is 10.2. The van der Waals surface area contributed by atoms with E-state index in [0.717, 1.165) is 11.1 Å². The van der Waals surface area contributed by atoms with Crippen molar-refractivity contribution in [1.29, 1.82) is 0 Å². The van der Waals surface area contributed by atoms with Crippen molar-refractivity contribution in [3.63, 3.8) is 0 Å². The number of ether oxygens (including phenoxy) is 3. The van der Waals surface area contributed by atoms with E-state index in [-0.39, 0.29) is 6.61 Å². The molecule has 0 spiro atoms. The van der Waals surface area contributed by atoms with Gasteiger partial charge in [-0.2, -0.15) is 5.10 Å². The number of hydrogen-bond donors (Lipinski definition) is 1. The van der Waals surface area contributed by atoms with Gasteiger partial charge in [-0.25, -0.2) is 0 Å². The monoisotopic (exact) mass is 324 g/mol. The van der Waals surface area contributed by atoms with Crippen LogP contribution in [0.4, 0.5) is 0 Å². The van der Waals surface area contributed by atoms with Gasteiger partial charge in [0.05, 0.1) is 27.0 Å². The van der Waals surface area contributed by atoms with Crippen molar-refractivity contribution < 1.29 is 14.2 Å². The second-order valence-electron chi connectivity index (χ2n) is 4.81. The maximum Gasteiger partial charge on any atom is 0.161 e. The largest absolute Gasteiger partial charge is 0.493 e. The molecule has 24 heavy (non-hydrogen) atoms. The third kappa shape index (κ3) is 4.68. The molecule has 0 radical (unpaired) electrons. The molecule has 0 amide bonds. The Balaban J connectivity index is 1.97. The summed E-state index contributed by atoms with van der Waals surface area (Å²) in [6, 6.07) is 13.3. The van der Waals surface area contributed by atoms with Gasteiger partial charge in [0.25, 0.3) is 0 Å². The second-order valence-corrected chi connectivity index (χ2v) is 4.81. The fourth-order valence-corrected chi connectivity index (χ4v) is 2.08. The Hall–Kier alpha value is -3.13. The molecule has 5 heteroatoms. The van der Waals surface area contributed by atoms with E-state index >= 15 is 0 Å². The minimum Gasteiger partial charge on any atom is -0.493 e. The first-order valence-corrected chi connectivity index (χ1v) is 7.40. The molecule has 0 aliphatic carbocycles. The van der Waals surface area contributed by atoms with E-state index in [1.807, 2.05) is 42.5 Å². The van der Waals surface area contributed by atoms with E-state index in [1.54, 1.807) is 20.4 Å². The molecule has 0 aliphatic heterocycles. The lowest BCUT2D eigenvalue weighted by Crippen LogP contribution is -2.06. The molecule has 0 unspecified atom stereocenters. The van der Waals surface area contributed by atoms with E-state index in [4.69, 9.17) is 20.6 Å². The number of hydrazone groups is 1. The zero-order valence-electron chi connectivity index (χ0n) is 13.8. The molecule has 0 bridgehead atoms. The summed E-state index contributed by atoms with van der Waals surface area (Å²) in [5.41, 5.74) is 4.88. The molecule has 2 aromatic rings. The second kappa shape index (κ2) is 9.11. The summed E-state index contributed by atoms with van der Waals surface area (Å²) in [5.74, 6) is 4.54. The third-order valence-electron chi connectivity index (χ3n) is 3.26. The van der Waals surface area contributed by atoms with Crippen LogP contribution in [-0.2, 0) is 6.54 Å². The number of para-hydroxylation sites is 1. The predicted octanol–water partition coefficient (Wildman–Crippen LogP) is 2.84. The van der Waals surface area contributed by atoms with Crippen LogP contribution in [0.25, 0.3) is 0 Å². The third-order valence-corrected chi connectivity index (χ3v) is 3.26. The van der Waals surface area contributed by atoms with Gasteiger partial charge in [-0.3, -0.25) is 0 Å². The molecule has 0 saturated carbocycles. The van der Waals surface area contributed by atoms with Gasteiger partial charge in [0.2, 0.25) is 0 Å². The number of rotatable bonds is 8.